The zero-order valence-corrected chi connectivity index (χ0v) is 14.7. The fourth-order valence-electron chi connectivity index (χ4n) is 4.07. The zero-order valence-electron chi connectivity index (χ0n) is 14.7. The van der Waals surface area contributed by atoms with Crippen LogP contribution in [0.25, 0.3) is 0 Å². The van der Waals surface area contributed by atoms with E-state index in [0.29, 0.717) is 11.6 Å². The maximum atomic E-state index is 11.8. The highest BCUT2D eigenvalue weighted by molar-refractivity contribution is 5.87. The van der Waals surface area contributed by atoms with Crippen molar-refractivity contribution in [3.8, 4) is 0 Å². The van der Waals surface area contributed by atoms with E-state index in [0.717, 1.165) is 51.1 Å². The summed E-state index contributed by atoms with van der Waals surface area (Å²) in [5, 5.41) is 10.1. The van der Waals surface area contributed by atoms with Crippen LogP contribution < -0.4 is 4.90 Å². The molecule has 1 aromatic heterocycles. The van der Waals surface area contributed by atoms with Crippen LogP contribution in [0, 0.1) is 12.3 Å². The minimum Gasteiger partial charge on any atom is -0.464 e. The summed E-state index contributed by atoms with van der Waals surface area (Å²) in [7, 11) is 3.43. The molecule has 0 aromatic carbocycles. The van der Waals surface area contributed by atoms with E-state index < -0.39 is 5.97 Å². The molecule has 1 aromatic rings. The number of nitrogens with zero attached hydrogens (tertiary/aromatic N) is 4. The van der Waals surface area contributed by atoms with Gasteiger partial charge in [-0.25, -0.2) is 14.8 Å². The topological polar surface area (TPSA) is 78.8 Å². The standard InChI is InChI=1S/C17H26N4O3/c1-12-8-14(15(23)24-3)19-16(18-12)21-6-4-17(5-7-21)9-13(22)10-20(2)11-17/h8,13,22H,4-7,9-11H2,1-3H3. The quantitative estimate of drug-likeness (QED) is 0.804. The maximum absolute atomic E-state index is 11.8. The summed E-state index contributed by atoms with van der Waals surface area (Å²) in [6.45, 7) is 5.32. The smallest absolute Gasteiger partial charge is 0.356 e. The maximum Gasteiger partial charge on any atom is 0.356 e. The average Bonchev–Trinajstić information content (AvgIpc) is 2.53. The number of hydrogen-bond acceptors (Lipinski definition) is 7. The Bertz CT molecular complexity index is 602. The highest BCUT2D eigenvalue weighted by atomic mass is 16.5. The summed E-state index contributed by atoms with van der Waals surface area (Å²) >= 11 is 0. The van der Waals surface area contributed by atoms with E-state index in [-0.39, 0.29) is 11.5 Å². The molecule has 7 nitrogen and oxygen atoms in total. The third-order valence-electron chi connectivity index (χ3n) is 5.14. The lowest BCUT2D eigenvalue weighted by atomic mass is 9.72. The van der Waals surface area contributed by atoms with E-state index in [9.17, 15) is 9.90 Å². The number of esters is 1. The third kappa shape index (κ3) is 3.52. The normalized spacial score (nSPS) is 24.2. The Hall–Kier alpha value is -1.73. The molecule has 3 rings (SSSR count). The predicted octanol–water partition coefficient (Wildman–Crippen LogP) is 0.855. The van der Waals surface area contributed by atoms with E-state index in [1.165, 1.54) is 7.11 Å². The Labute approximate surface area is 142 Å². The van der Waals surface area contributed by atoms with Crippen LogP contribution in [0.2, 0.25) is 0 Å². The molecule has 2 saturated heterocycles. The number of carbonyl (C=O) groups is 1. The number of ether oxygens (including phenoxy) is 1. The first kappa shape index (κ1) is 17.1. The molecule has 0 amide bonds. The molecule has 0 aliphatic carbocycles. The van der Waals surface area contributed by atoms with Crippen LogP contribution in [-0.4, -0.2) is 72.4 Å². The molecule has 0 radical (unpaired) electrons. The van der Waals surface area contributed by atoms with Gasteiger partial charge in [0.25, 0.3) is 0 Å². The number of carbonyl (C=O) groups excluding carboxylic acids is 1. The van der Waals surface area contributed by atoms with Gasteiger partial charge in [-0.1, -0.05) is 0 Å². The van der Waals surface area contributed by atoms with Crippen molar-refractivity contribution >= 4 is 11.9 Å². The molecule has 24 heavy (non-hydrogen) atoms. The number of hydrogen-bond donors (Lipinski definition) is 1. The highest BCUT2D eigenvalue weighted by Crippen LogP contribution is 2.40. The number of aliphatic hydroxyl groups is 1. The van der Waals surface area contributed by atoms with Crippen LogP contribution in [0.5, 0.6) is 0 Å². The van der Waals surface area contributed by atoms with Gasteiger partial charge in [0, 0.05) is 31.9 Å². The molecule has 132 valence electrons. The van der Waals surface area contributed by atoms with Gasteiger partial charge in [0.2, 0.25) is 5.95 Å². The number of piperidine rings is 2. The van der Waals surface area contributed by atoms with Crippen LogP contribution in [-0.2, 0) is 4.74 Å². The lowest BCUT2D eigenvalue weighted by molar-refractivity contribution is -0.0113. The van der Waals surface area contributed by atoms with E-state index in [2.05, 4.69) is 26.8 Å². The van der Waals surface area contributed by atoms with E-state index in [4.69, 9.17) is 4.74 Å². The number of rotatable bonds is 2. The molecule has 2 aliphatic heterocycles. The average molecular weight is 334 g/mol. The molecule has 0 bridgehead atoms. The Morgan fingerprint density at radius 2 is 2.08 bits per heavy atom. The van der Waals surface area contributed by atoms with Crippen molar-refractivity contribution in [3.63, 3.8) is 0 Å². The van der Waals surface area contributed by atoms with Gasteiger partial charge >= 0.3 is 5.97 Å². The number of β-amino-alcohol motifs (C(OH)–C–C–N with tert-alkyl or cyclic N) is 1. The summed E-state index contributed by atoms with van der Waals surface area (Å²) in [5.41, 5.74) is 1.24. The van der Waals surface area contributed by atoms with Crippen LogP contribution >= 0.6 is 0 Å². The molecule has 1 spiro atoms. The second kappa shape index (κ2) is 6.64. The molecular formula is C17H26N4O3. The van der Waals surface area contributed by atoms with Crippen LogP contribution in [0.15, 0.2) is 6.07 Å². The van der Waals surface area contributed by atoms with Crippen molar-refractivity contribution in [1.29, 1.82) is 0 Å². The number of aromatic nitrogens is 2. The molecule has 2 aliphatic rings. The number of aryl methyl sites for hydroxylation is 1. The Kier molecular flexibility index (Phi) is 4.73. The van der Waals surface area contributed by atoms with Gasteiger partial charge in [-0.2, -0.15) is 0 Å². The zero-order chi connectivity index (χ0) is 17.3. The number of likely N-dealkylation sites (tertiary alicyclic amines) is 1. The van der Waals surface area contributed by atoms with Crippen molar-refractivity contribution < 1.29 is 14.6 Å². The van der Waals surface area contributed by atoms with Gasteiger partial charge < -0.3 is 19.6 Å². The predicted molar refractivity (Wildman–Crippen MR) is 90.1 cm³/mol. The van der Waals surface area contributed by atoms with Gasteiger partial charge in [-0.05, 0) is 44.7 Å². The molecular weight excluding hydrogens is 308 g/mol. The summed E-state index contributed by atoms with van der Waals surface area (Å²) in [4.78, 5) is 25.0. The van der Waals surface area contributed by atoms with Crippen molar-refractivity contribution in [2.24, 2.45) is 5.41 Å². The summed E-state index contributed by atoms with van der Waals surface area (Å²) in [6.07, 6.45) is 2.63. The van der Waals surface area contributed by atoms with Gasteiger partial charge in [-0.15, -0.1) is 0 Å². The van der Waals surface area contributed by atoms with Crippen molar-refractivity contribution in [3.05, 3.63) is 17.5 Å². The first-order valence-corrected chi connectivity index (χ1v) is 8.46. The highest BCUT2D eigenvalue weighted by Gasteiger charge is 2.41. The van der Waals surface area contributed by atoms with Gasteiger partial charge in [0.15, 0.2) is 5.69 Å². The SMILES string of the molecule is COC(=O)c1cc(C)nc(N2CCC3(CC2)CC(O)CN(C)C3)n1. The van der Waals surface area contributed by atoms with Crippen molar-refractivity contribution in [2.75, 3.05) is 45.2 Å². The van der Waals surface area contributed by atoms with Gasteiger partial charge in [0.1, 0.15) is 0 Å². The second-order valence-electron chi connectivity index (χ2n) is 7.23. The molecule has 7 heteroatoms. The van der Waals surface area contributed by atoms with Gasteiger partial charge in [0.05, 0.1) is 13.2 Å². The molecule has 2 fully saturated rings. The Balaban J connectivity index is 1.73. The molecule has 1 atom stereocenters. The van der Waals surface area contributed by atoms with E-state index in [1.807, 2.05) is 6.92 Å². The second-order valence-corrected chi connectivity index (χ2v) is 7.23. The first-order valence-electron chi connectivity index (χ1n) is 8.46. The largest absolute Gasteiger partial charge is 0.464 e. The summed E-state index contributed by atoms with van der Waals surface area (Å²) in [5.74, 6) is 0.155. The van der Waals surface area contributed by atoms with Crippen LogP contribution in [0.3, 0.4) is 0 Å². The lowest BCUT2D eigenvalue weighted by Crippen LogP contribution is -2.52. The molecule has 1 unspecified atom stereocenters. The lowest BCUT2D eigenvalue weighted by Gasteiger charge is -2.48. The van der Waals surface area contributed by atoms with Crippen LogP contribution in [0.1, 0.15) is 35.4 Å². The number of likely N-dealkylation sites (N-methyl/N-ethyl adjacent to an activating group) is 1. The number of methoxy groups -OCH3 is 1. The molecule has 3 heterocycles. The first-order chi connectivity index (χ1) is 11.4. The Morgan fingerprint density at radius 3 is 2.71 bits per heavy atom. The van der Waals surface area contributed by atoms with Crippen molar-refractivity contribution in [2.45, 2.75) is 32.3 Å². The fraction of sp³-hybridized carbons (Fsp3) is 0.706. The fourth-order valence-corrected chi connectivity index (χ4v) is 4.07. The van der Waals surface area contributed by atoms with Crippen LogP contribution in [0.4, 0.5) is 5.95 Å². The molecule has 0 saturated carbocycles. The summed E-state index contributed by atoms with van der Waals surface area (Å²) in [6, 6.07) is 1.65. The monoisotopic (exact) mass is 334 g/mol. The van der Waals surface area contributed by atoms with Gasteiger partial charge in [-0.3, -0.25) is 0 Å². The number of aliphatic hydroxyl groups excluding tert-OH is 1. The summed E-state index contributed by atoms with van der Waals surface area (Å²) < 4.78 is 4.77. The molecule has 1 N–H and O–H groups in total. The number of anilines is 1. The van der Waals surface area contributed by atoms with E-state index in [1.54, 1.807) is 6.07 Å². The Morgan fingerprint density at radius 1 is 1.38 bits per heavy atom. The minimum absolute atomic E-state index is 0.178. The van der Waals surface area contributed by atoms with Crippen molar-refractivity contribution in [1.82, 2.24) is 14.9 Å². The third-order valence-corrected chi connectivity index (χ3v) is 5.14. The minimum atomic E-state index is -0.438. The van der Waals surface area contributed by atoms with E-state index >= 15 is 0 Å².